The number of aliphatic hydroxyl groups is 2. The van der Waals surface area contributed by atoms with Crippen LogP contribution in [-0.2, 0) is 9.53 Å². The van der Waals surface area contributed by atoms with Crippen molar-refractivity contribution in [2.24, 2.45) is 17.8 Å². The molecule has 4 N–H and O–H groups in total. The van der Waals surface area contributed by atoms with Crippen LogP contribution in [0.15, 0.2) is 0 Å². The Kier molecular flexibility index (Phi) is 11.7. The van der Waals surface area contributed by atoms with Crippen molar-refractivity contribution in [2.45, 2.75) is 104 Å². The Bertz CT molecular complexity index is 512. The summed E-state index contributed by atoms with van der Waals surface area (Å²) < 4.78 is 5.37. The van der Waals surface area contributed by atoms with Gasteiger partial charge in [-0.3, -0.25) is 4.79 Å². The molecule has 2 amide bonds. The minimum atomic E-state index is -0.938. The van der Waals surface area contributed by atoms with E-state index in [0.717, 1.165) is 32.1 Å². The van der Waals surface area contributed by atoms with Crippen molar-refractivity contribution in [3.63, 3.8) is 0 Å². The van der Waals surface area contributed by atoms with Crippen LogP contribution in [0.25, 0.3) is 0 Å². The zero-order chi connectivity index (χ0) is 22.7. The summed E-state index contributed by atoms with van der Waals surface area (Å²) in [5, 5.41) is 26.3. The van der Waals surface area contributed by atoms with Crippen LogP contribution < -0.4 is 10.6 Å². The largest absolute Gasteiger partial charge is 0.444 e. The average molecular weight is 429 g/mol. The van der Waals surface area contributed by atoms with E-state index in [0.29, 0.717) is 24.8 Å². The lowest BCUT2D eigenvalue weighted by Gasteiger charge is -2.32. The Morgan fingerprint density at radius 2 is 1.77 bits per heavy atom. The van der Waals surface area contributed by atoms with Crippen molar-refractivity contribution in [1.82, 2.24) is 10.6 Å². The molecule has 1 aliphatic carbocycles. The number of hydrogen-bond acceptors (Lipinski definition) is 5. The first-order valence-corrected chi connectivity index (χ1v) is 11.6. The van der Waals surface area contributed by atoms with E-state index in [1.165, 1.54) is 6.42 Å². The average Bonchev–Trinajstić information content (AvgIpc) is 2.64. The number of ether oxygens (including phenoxy) is 1. The molecule has 1 fully saturated rings. The number of carbonyl (C=O) groups excluding carboxylic acids is 2. The topological polar surface area (TPSA) is 108 Å². The summed E-state index contributed by atoms with van der Waals surface area (Å²) in [5.74, 6) is -0.0607. The van der Waals surface area contributed by atoms with Crippen molar-refractivity contribution in [1.29, 1.82) is 0 Å². The second-order valence-corrected chi connectivity index (χ2v) is 10.1. The van der Waals surface area contributed by atoms with Crippen LogP contribution in [-0.4, -0.2) is 53.1 Å². The number of carbonyl (C=O) groups is 2. The van der Waals surface area contributed by atoms with E-state index in [1.807, 2.05) is 0 Å². The van der Waals surface area contributed by atoms with E-state index in [4.69, 9.17) is 4.74 Å². The summed E-state index contributed by atoms with van der Waals surface area (Å²) in [5.41, 5.74) is -0.631. The van der Waals surface area contributed by atoms with Gasteiger partial charge >= 0.3 is 6.09 Å². The molecule has 0 heterocycles. The second-order valence-electron chi connectivity index (χ2n) is 10.1. The standard InChI is InChI=1S/C23H44N2O5/c1-16(2)11-12-24-21(28)18(15-26)14-20(27)19(13-17-9-7-6-8-10-17)25-22(29)30-23(3,4)5/h16-20,26-27H,6-15H2,1-5H3,(H,24,28)(H,25,29)/t18?,19-,20-/m0/s1. The van der Waals surface area contributed by atoms with Crippen LogP contribution in [0.2, 0.25) is 0 Å². The second kappa shape index (κ2) is 13.2. The van der Waals surface area contributed by atoms with Crippen molar-refractivity contribution in [2.75, 3.05) is 13.2 Å². The summed E-state index contributed by atoms with van der Waals surface area (Å²) in [7, 11) is 0. The van der Waals surface area contributed by atoms with E-state index >= 15 is 0 Å². The molecule has 0 saturated heterocycles. The Morgan fingerprint density at radius 1 is 1.13 bits per heavy atom. The normalized spacial score (nSPS) is 18.5. The van der Waals surface area contributed by atoms with Crippen LogP contribution in [0.5, 0.6) is 0 Å². The molecule has 0 aliphatic heterocycles. The van der Waals surface area contributed by atoms with E-state index in [9.17, 15) is 19.8 Å². The highest BCUT2D eigenvalue weighted by Crippen LogP contribution is 2.29. The quantitative estimate of drug-likeness (QED) is 0.403. The lowest BCUT2D eigenvalue weighted by Crippen LogP contribution is -2.48. The van der Waals surface area contributed by atoms with Crippen LogP contribution >= 0.6 is 0 Å². The van der Waals surface area contributed by atoms with Gasteiger partial charge in [0.05, 0.1) is 24.7 Å². The number of alkyl carbamates (subject to hydrolysis) is 1. The van der Waals surface area contributed by atoms with Gasteiger partial charge in [0.25, 0.3) is 0 Å². The van der Waals surface area contributed by atoms with Gasteiger partial charge in [-0.1, -0.05) is 46.0 Å². The predicted molar refractivity (Wildman–Crippen MR) is 118 cm³/mol. The van der Waals surface area contributed by atoms with Crippen LogP contribution in [0.3, 0.4) is 0 Å². The van der Waals surface area contributed by atoms with Gasteiger partial charge < -0.3 is 25.6 Å². The summed E-state index contributed by atoms with van der Waals surface area (Å²) in [4.78, 5) is 24.8. The molecule has 0 aromatic heterocycles. The zero-order valence-electron chi connectivity index (χ0n) is 19.6. The van der Waals surface area contributed by atoms with E-state index in [2.05, 4.69) is 24.5 Å². The van der Waals surface area contributed by atoms with Gasteiger partial charge in [0.15, 0.2) is 0 Å². The minimum absolute atomic E-state index is 0.0944. The highest BCUT2D eigenvalue weighted by Gasteiger charge is 2.31. The van der Waals surface area contributed by atoms with E-state index in [1.54, 1.807) is 20.8 Å². The Balaban J connectivity index is 2.73. The van der Waals surface area contributed by atoms with Gasteiger partial charge in [0.2, 0.25) is 5.91 Å². The van der Waals surface area contributed by atoms with Crippen molar-refractivity contribution in [3.8, 4) is 0 Å². The van der Waals surface area contributed by atoms with Crippen LogP contribution in [0.1, 0.15) is 86.0 Å². The molecule has 1 saturated carbocycles. The van der Waals surface area contributed by atoms with E-state index in [-0.39, 0.29) is 18.9 Å². The molecule has 0 radical (unpaired) electrons. The summed E-state index contributed by atoms with van der Waals surface area (Å²) in [6.45, 7) is 9.75. The number of amides is 2. The number of nitrogens with one attached hydrogen (secondary N) is 2. The molecule has 1 aliphatic rings. The first-order chi connectivity index (χ1) is 14.0. The molecule has 1 rings (SSSR count). The molecular formula is C23H44N2O5. The summed E-state index contributed by atoms with van der Waals surface area (Å²) >= 11 is 0. The highest BCUT2D eigenvalue weighted by molar-refractivity contribution is 5.78. The number of aliphatic hydroxyl groups excluding tert-OH is 2. The van der Waals surface area contributed by atoms with Crippen molar-refractivity contribution in [3.05, 3.63) is 0 Å². The van der Waals surface area contributed by atoms with Gasteiger partial charge in [-0.05, 0) is 51.9 Å². The first kappa shape index (κ1) is 26.7. The maximum atomic E-state index is 12.4. The zero-order valence-corrected chi connectivity index (χ0v) is 19.6. The number of rotatable bonds is 11. The molecule has 0 aromatic rings. The molecule has 1 unspecified atom stereocenters. The molecule has 7 nitrogen and oxygen atoms in total. The maximum Gasteiger partial charge on any atom is 0.407 e. The fourth-order valence-corrected chi connectivity index (χ4v) is 3.90. The lowest BCUT2D eigenvalue weighted by atomic mass is 9.82. The fraction of sp³-hybridized carbons (Fsp3) is 0.913. The van der Waals surface area contributed by atoms with Crippen molar-refractivity contribution >= 4 is 12.0 Å². The maximum absolute atomic E-state index is 12.4. The molecule has 0 bridgehead atoms. The molecule has 176 valence electrons. The Hall–Kier alpha value is -1.34. The van der Waals surface area contributed by atoms with Gasteiger partial charge in [-0.15, -0.1) is 0 Å². The summed E-state index contributed by atoms with van der Waals surface area (Å²) in [6, 6.07) is -0.513. The monoisotopic (exact) mass is 428 g/mol. The SMILES string of the molecule is CC(C)CCNC(=O)C(CO)C[C@H](O)[C@H](CC1CCCCC1)NC(=O)OC(C)(C)C. The number of hydrogen-bond donors (Lipinski definition) is 4. The van der Waals surface area contributed by atoms with Gasteiger partial charge in [0.1, 0.15) is 5.60 Å². The van der Waals surface area contributed by atoms with Gasteiger partial charge in [-0.25, -0.2) is 4.79 Å². The fourth-order valence-electron chi connectivity index (χ4n) is 3.90. The lowest BCUT2D eigenvalue weighted by molar-refractivity contribution is -0.127. The van der Waals surface area contributed by atoms with Crippen LogP contribution in [0, 0.1) is 17.8 Å². The van der Waals surface area contributed by atoms with Gasteiger partial charge in [-0.2, -0.15) is 0 Å². The van der Waals surface area contributed by atoms with Gasteiger partial charge in [0, 0.05) is 6.54 Å². The van der Waals surface area contributed by atoms with Crippen LogP contribution in [0.4, 0.5) is 4.79 Å². The molecule has 30 heavy (non-hydrogen) atoms. The third-order valence-corrected chi connectivity index (χ3v) is 5.62. The van der Waals surface area contributed by atoms with Crippen molar-refractivity contribution < 1.29 is 24.5 Å². The predicted octanol–water partition coefficient (Wildman–Crippen LogP) is 3.37. The third kappa shape index (κ3) is 11.2. The highest BCUT2D eigenvalue weighted by atomic mass is 16.6. The minimum Gasteiger partial charge on any atom is -0.444 e. The summed E-state index contributed by atoms with van der Waals surface area (Å²) in [6.07, 6.45) is 5.82. The Morgan fingerprint density at radius 3 is 2.30 bits per heavy atom. The first-order valence-electron chi connectivity index (χ1n) is 11.6. The molecule has 3 atom stereocenters. The molecule has 0 aromatic carbocycles. The molecule has 0 spiro atoms. The third-order valence-electron chi connectivity index (χ3n) is 5.62. The molecule has 7 heteroatoms. The Labute approximate surface area is 182 Å². The molecular weight excluding hydrogens is 384 g/mol. The smallest absolute Gasteiger partial charge is 0.407 e. The van der Waals surface area contributed by atoms with E-state index < -0.39 is 29.8 Å².